The molecule has 1 amide bonds. The van der Waals surface area contributed by atoms with Crippen LogP contribution < -0.4 is 0 Å². The molecule has 1 aromatic rings. The van der Waals surface area contributed by atoms with Gasteiger partial charge in [0.15, 0.2) is 0 Å². The predicted molar refractivity (Wildman–Crippen MR) is 47.4 cm³/mol. The van der Waals surface area contributed by atoms with Crippen LogP contribution in [0.1, 0.15) is 0 Å². The first-order valence-corrected chi connectivity index (χ1v) is 5.07. The molecule has 0 radical (unpaired) electrons. The van der Waals surface area contributed by atoms with Gasteiger partial charge in [-0.25, -0.2) is 0 Å². The summed E-state index contributed by atoms with van der Waals surface area (Å²) < 4.78 is 22.8. The van der Waals surface area contributed by atoms with Gasteiger partial charge in [-0.05, 0) is 12.1 Å². The molecule has 0 unspecified atom stereocenters. The van der Waals surface area contributed by atoms with E-state index in [1.165, 1.54) is 12.1 Å². The number of carbonyl (C=O) groups excluding carboxylic acids is 1. The first kappa shape index (κ1) is 10.0. The van der Waals surface area contributed by atoms with Gasteiger partial charge in [0.05, 0.1) is 4.90 Å². The van der Waals surface area contributed by atoms with E-state index in [9.17, 15) is 13.2 Å². The SMILES string of the molecule is O=CN(Cl)S(=O)(=O)c1ccccc1. The summed E-state index contributed by atoms with van der Waals surface area (Å²) >= 11 is 5.17. The van der Waals surface area contributed by atoms with E-state index in [0.717, 1.165) is 0 Å². The van der Waals surface area contributed by atoms with Crippen LogP contribution in [-0.4, -0.2) is 18.7 Å². The molecule has 0 aromatic heterocycles. The Hall–Kier alpha value is -1.07. The summed E-state index contributed by atoms with van der Waals surface area (Å²) in [5.41, 5.74) is 0. The Kier molecular flexibility index (Phi) is 2.90. The quantitative estimate of drug-likeness (QED) is 0.563. The van der Waals surface area contributed by atoms with Crippen LogP contribution in [0.2, 0.25) is 0 Å². The third-order valence-corrected chi connectivity index (χ3v) is 3.39. The number of hydrogen-bond acceptors (Lipinski definition) is 3. The lowest BCUT2D eigenvalue weighted by atomic mass is 10.4. The molecule has 0 spiro atoms. The fourth-order valence-electron chi connectivity index (χ4n) is 0.750. The molecule has 0 N–H and O–H groups in total. The first-order chi connectivity index (χ1) is 6.09. The van der Waals surface area contributed by atoms with Crippen molar-refractivity contribution >= 4 is 28.2 Å². The van der Waals surface area contributed by atoms with Gasteiger partial charge < -0.3 is 0 Å². The molecule has 0 heterocycles. The van der Waals surface area contributed by atoms with Crippen LogP contribution in [0.4, 0.5) is 0 Å². The van der Waals surface area contributed by atoms with Crippen molar-refractivity contribution in [3.8, 4) is 0 Å². The number of amides is 1. The van der Waals surface area contributed by atoms with Crippen LogP contribution in [0.5, 0.6) is 0 Å². The number of benzene rings is 1. The van der Waals surface area contributed by atoms with Crippen LogP contribution >= 0.6 is 11.8 Å². The van der Waals surface area contributed by atoms with Gasteiger partial charge in [0, 0.05) is 11.8 Å². The van der Waals surface area contributed by atoms with Gasteiger partial charge in [0.25, 0.3) is 10.0 Å². The Morgan fingerprint density at radius 3 is 2.23 bits per heavy atom. The van der Waals surface area contributed by atoms with E-state index in [1.807, 2.05) is 0 Å². The molecule has 6 heteroatoms. The molecule has 0 bridgehead atoms. The van der Waals surface area contributed by atoms with E-state index >= 15 is 0 Å². The molecule has 0 aliphatic heterocycles. The molecule has 0 atom stereocenters. The second-order valence-corrected chi connectivity index (χ2v) is 4.55. The molecule has 1 aromatic carbocycles. The van der Waals surface area contributed by atoms with Crippen molar-refractivity contribution in [2.45, 2.75) is 4.90 Å². The van der Waals surface area contributed by atoms with E-state index in [2.05, 4.69) is 0 Å². The Labute approximate surface area is 80.9 Å². The Morgan fingerprint density at radius 2 is 1.77 bits per heavy atom. The zero-order valence-corrected chi connectivity index (χ0v) is 7.99. The summed E-state index contributed by atoms with van der Waals surface area (Å²) in [4.78, 5) is 10.1. The lowest BCUT2D eigenvalue weighted by Gasteiger charge is -2.07. The summed E-state index contributed by atoms with van der Waals surface area (Å²) in [6.07, 6.45) is 0.0316. The van der Waals surface area contributed by atoms with Gasteiger partial charge in [-0.2, -0.15) is 8.42 Å². The molecule has 0 saturated heterocycles. The highest BCUT2D eigenvalue weighted by atomic mass is 35.5. The van der Waals surface area contributed by atoms with Crippen molar-refractivity contribution in [3.63, 3.8) is 0 Å². The van der Waals surface area contributed by atoms with Crippen molar-refractivity contribution in [2.24, 2.45) is 0 Å². The summed E-state index contributed by atoms with van der Waals surface area (Å²) in [5, 5.41) is 0. The summed E-state index contributed by atoms with van der Waals surface area (Å²) in [7, 11) is -3.86. The van der Waals surface area contributed by atoms with Crippen molar-refractivity contribution in [1.29, 1.82) is 0 Å². The van der Waals surface area contributed by atoms with Crippen LogP contribution in [0.25, 0.3) is 0 Å². The maximum atomic E-state index is 11.3. The number of nitrogens with zero attached hydrogens (tertiary/aromatic N) is 1. The summed E-state index contributed by atoms with van der Waals surface area (Å²) in [6, 6.07) is 7.46. The van der Waals surface area contributed by atoms with Crippen LogP contribution in [0.15, 0.2) is 35.2 Å². The normalized spacial score (nSPS) is 10.8. The smallest absolute Gasteiger partial charge is 0.276 e. The number of halogens is 1. The van der Waals surface area contributed by atoms with E-state index in [1.54, 1.807) is 18.2 Å². The summed E-state index contributed by atoms with van der Waals surface area (Å²) in [6.45, 7) is 0. The maximum absolute atomic E-state index is 11.3. The molecule has 0 aliphatic rings. The molecule has 70 valence electrons. The molecule has 13 heavy (non-hydrogen) atoms. The minimum Gasteiger partial charge on any atom is -0.276 e. The third kappa shape index (κ3) is 1.99. The highest BCUT2D eigenvalue weighted by Gasteiger charge is 2.20. The number of carbonyl (C=O) groups is 1. The van der Waals surface area contributed by atoms with Gasteiger partial charge in [0.1, 0.15) is 0 Å². The van der Waals surface area contributed by atoms with E-state index in [0.29, 0.717) is 0 Å². The van der Waals surface area contributed by atoms with Gasteiger partial charge in [-0.3, -0.25) is 4.79 Å². The number of hydrogen-bond donors (Lipinski definition) is 0. The van der Waals surface area contributed by atoms with Gasteiger partial charge in [-0.1, -0.05) is 18.2 Å². The Morgan fingerprint density at radius 1 is 1.23 bits per heavy atom. The molecule has 0 saturated carbocycles. The monoisotopic (exact) mass is 219 g/mol. The van der Waals surface area contributed by atoms with Crippen molar-refractivity contribution in [2.75, 3.05) is 0 Å². The zero-order valence-electron chi connectivity index (χ0n) is 6.42. The van der Waals surface area contributed by atoms with E-state index < -0.39 is 10.0 Å². The molecular formula is C7H6ClNO3S. The number of sulfonamides is 1. The zero-order chi connectivity index (χ0) is 9.90. The molecule has 4 nitrogen and oxygen atoms in total. The van der Waals surface area contributed by atoms with E-state index in [4.69, 9.17) is 11.8 Å². The van der Waals surface area contributed by atoms with E-state index in [-0.39, 0.29) is 15.1 Å². The van der Waals surface area contributed by atoms with Gasteiger partial charge in [0.2, 0.25) is 6.41 Å². The largest absolute Gasteiger partial charge is 0.280 e. The van der Waals surface area contributed by atoms with Crippen LogP contribution in [-0.2, 0) is 14.8 Å². The number of rotatable bonds is 3. The average Bonchev–Trinajstić information content (AvgIpc) is 2.18. The standard InChI is InChI=1S/C7H6ClNO3S/c8-9(6-10)13(11,12)7-4-2-1-3-5-7/h1-6H. The predicted octanol–water partition coefficient (Wildman–Crippen LogP) is 0.988. The first-order valence-electron chi connectivity index (χ1n) is 3.29. The minimum atomic E-state index is -3.86. The molecular weight excluding hydrogens is 214 g/mol. The highest BCUT2D eigenvalue weighted by molar-refractivity contribution is 7.90. The second kappa shape index (κ2) is 3.76. The van der Waals surface area contributed by atoms with Gasteiger partial charge in [-0.15, -0.1) is 3.82 Å². The topological polar surface area (TPSA) is 54.5 Å². The van der Waals surface area contributed by atoms with Crippen LogP contribution in [0.3, 0.4) is 0 Å². The third-order valence-electron chi connectivity index (χ3n) is 1.35. The fourth-order valence-corrected chi connectivity index (χ4v) is 1.80. The lowest BCUT2D eigenvalue weighted by molar-refractivity contribution is -0.111. The Balaban J connectivity index is 3.16. The molecule has 1 rings (SSSR count). The van der Waals surface area contributed by atoms with Crippen LogP contribution in [0, 0.1) is 0 Å². The lowest BCUT2D eigenvalue weighted by Crippen LogP contribution is -2.19. The highest BCUT2D eigenvalue weighted by Crippen LogP contribution is 2.14. The van der Waals surface area contributed by atoms with Gasteiger partial charge >= 0.3 is 0 Å². The summed E-state index contributed by atoms with van der Waals surface area (Å²) in [5.74, 6) is 0. The fraction of sp³-hybridized carbons (Fsp3) is 0. The van der Waals surface area contributed by atoms with Crippen molar-refractivity contribution in [1.82, 2.24) is 3.82 Å². The molecule has 0 aliphatic carbocycles. The second-order valence-electron chi connectivity index (χ2n) is 2.17. The van der Waals surface area contributed by atoms with Crippen molar-refractivity contribution in [3.05, 3.63) is 30.3 Å². The minimum absolute atomic E-state index is 0.0166. The maximum Gasteiger partial charge on any atom is 0.280 e. The molecule has 0 fully saturated rings. The van der Waals surface area contributed by atoms with Crippen molar-refractivity contribution < 1.29 is 13.2 Å². The average molecular weight is 220 g/mol. The Bertz CT molecular complexity index is 389.